The molecule has 3 fully saturated rings. The Balaban J connectivity index is 1.59. The van der Waals surface area contributed by atoms with E-state index in [9.17, 15) is 4.79 Å². The van der Waals surface area contributed by atoms with Crippen LogP contribution in [0.4, 0.5) is 0 Å². The maximum absolute atomic E-state index is 11.6. The number of rotatable bonds is 1. The van der Waals surface area contributed by atoms with Crippen LogP contribution in [0, 0.1) is 0 Å². The lowest BCUT2D eigenvalue weighted by atomic mass is 9.91. The summed E-state index contributed by atoms with van der Waals surface area (Å²) in [6.07, 6.45) is 8.19. The summed E-state index contributed by atoms with van der Waals surface area (Å²) in [5, 5.41) is 0. The molecule has 3 heteroatoms. The van der Waals surface area contributed by atoms with Crippen LogP contribution in [0.5, 0.6) is 0 Å². The molecule has 17 heavy (non-hydrogen) atoms. The predicted molar refractivity (Wildman–Crippen MR) is 68.0 cm³/mol. The maximum Gasteiger partial charge on any atom is 0.134 e. The minimum atomic E-state index is 0.493. The average molecular weight is 236 g/mol. The highest BCUT2D eigenvalue weighted by Crippen LogP contribution is 2.26. The van der Waals surface area contributed by atoms with Crippen LogP contribution < -0.4 is 0 Å². The molecule has 3 rings (SSSR count). The van der Waals surface area contributed by atoms with Gasteiger partial charge in [0.1, 0.15) is 5.78 Å². The van der Waals surface area contributed by atoms with Gasteiger partial charge in [0.05, 0.1) is 0 Å². The van der Waals surface area contributed by atoms with E-state index >= 15 is 0 Å². The predicted octanol–water partition coefficient (Wildman–Crippen LogP) is 1.67. The summed E-state index contributed by atoms with van der Waals surface area (Å²) in [5.74, 6) is 0.493. The first-order valence-corrected chi connectivity index (χ1v) is 7.33. The molecule has 96 valence electrons. The van der Waals surface area contributed by atoms with E-state index in [1.165, 1.54) is 51.9 Å². The smallest absolute Gasteiger partial charge is 0.134 e. The molecule has 0 aromatic rings. The zero-order chi connectivity index (χ0) is 11.7. The number of fused-ring (bicyclic) bond motifs is 1. The first kappa shape index (κ1) is 11.7. The second-order valence-electron chi connectivity index (χ2n) is 5.97. The van der Waals surface area contributed by atoms with E-state index in [1.807, 2.05) is 0 Å². The molecule has 0 aromatic carbocycles. The molecule has 3 nitrogen and oxygen atoms in total. The van der Waals surface area contributed by atoms with Gasteiger partial charge in [-0.25, -0.2) is 0 Å². The van der Waals surface area contributed by atoms with Crippen LogP contribution in [-0.2, 0) is 4.79 Å². The van der Waals surface area contributed by atoms with Crippen molar-refractivity contribution in [3.8, 4) is 0 Å². The van der Waals surface area contributed by atoms with Gasteiger partial charge >= 0.3 is 0 Å². The molecule has 0 spiro atoms. The van der Waals surface area contributed by atoms with Gasteiger partial charge in [-0.2, -0.15) is 0 Å². The normalized spacial score (nSPS) is 36.8. The van der Waals surface area contributed by atoms with Crippen molar-refractivity contribution in [1.29, 1.82) is 0 Å². The largest absolute Gasteiger partial charge is 0.300 e. The van der Waals surface area contributed by atoms with Gasteiger partial charge in [0.25, 0.3) is 0 Å². The number of carbonyl (C=O) groups is 1. The topological polar surface area (TPSA) is 23.6 Å². The van der Waals surface area contributed by atoms with E-state index in [0.29, 0.717) is 11.8 Å². The summed E-state index contributed by atoms with van der Waals surface area (Å²) < 4.78 is 0. The van der Waals surface area contributed by atoms with Gasteiger partial charge in [0, 0.05) is 44.6 Å². The van der Waals surface area contributed by atoms with Gasteiger partial charge in [-0.05, 0) is 32.2 Å². The van der Waals surface area contributed by atoms with Crippen LogP contribution in [0.15, 0.2) is 0 Å². The number of piperidine rings is 1. The fourth-order valence-electron chi connectivity index (χ4n) is 3.83. The highest BCUT2D eigenvalue weighted by Gasteiger charge is 2.33. The zero-order valence-corrected chi connectivity index (χ0v) is 10.7. The van der Waals surface area contributed by atoms with Gasteiger partial charge in [-0.1, -0.05) is 6.42 Å². The summed E-state index contributed by atoms with van der Waals surface area (Å²) in [7, 11) is 0. The second kappa shape index (κ2) is 5.07. The molecule has 1 saturated carbocycles. The van der Waals surface area contributed by atoms with Crippen LogP contribution in [0.25, 0.3) is 0 Å². The lowest BCUT2D eigenvalue weighted by Gasteiger charge is -2.47. The van der Waals surface area contributed by atoms with E-state index in [1.54, 1.807) is 0 Å². The lowest BCUT2D eigenvalue weighted by Crippen LogP contribution is -2.57. The number of nitrogens with zero attached hydrogens (tertiary/aromatic N) is 2. The van der Waals surface area contributed by atoms with Crippen molar-refractivity contribution in [2.45, 2.75) is 57.0 Å². The van der Waals surface area contributed by atoms with Crippen molar-refractivity contribution in [2.75, 3.05) is 26.2 Å². The summed E-state index contributed by atoms with van der Waals surface area (Å²) >= 11 is 0. The van der Waals surface area contributed by atoms with Crippen LogP contribution in [0.1, 0.15) is 44.9 Å². The Kier molecular flexibility index (Phi) is 3.48. The van der Waals surface area contributed by atoms with Crippen molar-refractivity contribution in [2.24, 2.45) is 0 Å². The fourth-order valence-corrected chi connectivity index (χ4v) is 3.83. The van der Waals surface area contributed by atoms with Crippen molar-refractivity contribution in [3.05, 3.63) is 0 Å². The van der Waals surface area contributed by atoms with E-state index < -0.39 is 0 Å². The quantitative estimate of drug-likeness (QED) is 0.692. The molecule has 2 atom stereocenters. The molecule has 0 bridgehead atoms. The Morgan fingerprint density at radius 1 is 0.882 bits per heavy atom. The third-order valence-electron chi connectivity index (χ3n) is 4.84. The SMILES string of the molecule is O=C1CCCC(N2CCN3CCCCC3C2)C1. The average Bonchev–Trinajstić information content (AvgIpc) is 2.38. The van der Waals surface area contributed by atoms with E-state index in [2.05, 4.69) is 9.80 Å². The highest BCUT2D eigenvalue weighted by atomic mass is 16.1. The lowest BCUT2D eigenvalue weighted by molar-refractivity contribution is -0.122. The van der Waals surface area contributed by atoms with E-state index in [-0.39, 0.29) is 0 Å². The summed E-state index contributed by atoms with van der Waals surface area (Å²) in [6, 6.07) is 1.36. The highest BCUT2D eigenvalue weighted by molar-refractivity contribution is 5.79. The molecule has 0 amide bonds. The van der Waals surface area contributed by atoms with Gasteiger partial charge in [0.2, 0.25) is 0 Å². The molecule has 0 radical (unpaired) electrons. The number of ketones is 1. The van der Waals surface area contributed by atoms with E-state index in [0.717, 1.165) is 25.3 Å². The summed E-state index contributed by atoms with van der Waals surface area (Å²) in [5.41, 5.74) is 0. The molecule has 2 aliphatic heterocycles. The minimum absolute atomic E-state index is 0.493. The first-order valence-electron chi connectivity index (χ1n) is 7.33. The maximum atomic E-state index is 11.6. The van der Waals surface area contributed by atoms with Gasteiger partial charge in [-0.3, -0.25) is 14.6 Å². The van der Waals surface area contributed by atoms with Crippen LogP contribution in [-0.4, -0.2) is 53.8 Å². The fraction of sp³-hybridized carbons (Fsp3) is 0.929. The van der Waals surface area contributed by atoms with Gasteiger partial charge in [-0.15, -0.1) is 0 Å². The standard InChI is InChI=1S/C14H24N2O/c17-14-6-3-5-12(10-14)16-9-8-15-7-2-1-4-13(15)11-16/h12-13H,1-11H2. The van der Waals surface area contributed by atoms with Crippen molar-refractivity contribution in [3.63, 3.8) is 0 Å². The number of carbonyl (C=O) groups excluding carboxylic acids is 1. The Morgan fingerprint density at radius 2 is 1.71 bits per heavy atom. The Bertz CT molecular complexity index is 292. The third-order valence-corrected chi connectivity index (χ3v) is 4.84. The second-order valence-corrected chi connectivity index (χ2v) is 5.97. The van der Waals surface area contributed by atoms with Crippen LogP contribution >= 0.6 is 0 Å². The van der Waals surface area contributed by atoms with E-state index in [4.69, 9.17) is 0 Å². The number of Topliss-reactive ketones (excluding diaryl/α,β-unsaturated/α-hetero) is 1. The van der Waals surface area contributed by atoms with Gasteiger partial charge < -0.3 is 0 Å². The summed E-state index contributed by atoms with van der Waals surface area (Å²) in [6.45, 7) is 4.95. The minimum Gasteiger partial charge on any atom is -0.300 e. The number of hydrogen-bond acceptors (Lipinski definition) is 3. The van der Waals surface area contributed by atoms with Crippen molar-refractivity contribution in [1.82, 2.24) is 9.80 Å². The van der Waals surface area contributed by atoms with Gasteiger partial charge in [0.15, 0.2) is 0 Å². The number of piperazine rings is 1. The number of hydrogen-bond donors (Lipinski definition) is 0. The molecule has 0 N–H and O–H groups in total. The monoisotopic (exact) mass is 236 g/mol. The summed E-state index contributed by atoms with van der Waals surface area (Å²) in [4.78, 5) is 16.8. The molecule has 3 aliphatic rings. The molecule has 2 heterocycles. The van der Waals surface area contributed by atoms with Crippen molar-refractivity contribution < 1.29 is 4.79 Å². The molecule has 1 aliphatic carbocycles. The molecular weight excluding hydrogens is 212 g/mol. The Hall–Kier alpha value is -0.410. The first-order chi connectivity index (χ1) is 8.33. The molecule has 2 saturated heterocycles. The van der Waals surface area contributed by atoms with Crippen LogP contribution in [0.2, 0.25) is 0 Å². The Morgan fingerprint density at radius 3 is 2.59 bits per heavy atom. The molecule has 2 unspecified atom stereocenters. The molecule has 0 aromatic heterocycles. The van der Waals surface area contributed by atoms with Crippen molar-refractivity contribution >= 4 is 5.78 Å². The zero-order valence-electron chi connectivity index (χ0n) is 10.7. The Labute approximate surface area is 104 Å². The third kappa shape index (κ3) is 2.55. The van der Waals surface area contributed by atoms with Crippen LogP contribution in [0.3, 0.4) is 0 Å². The molecular formula is C14H24N2O.